The average Bonchev–Trinajstić information content (AvgIpc) is 3.08. The highest BCUT2D eigenvalue weighted by Crippen LogP contribution is 2.27. The minimum absolute atomic E-state index is 0.103. The Kier molecular flexibility index (Phi) is 3.60. The number of benzene rings is 3. The summed E-state index contributed by atoms with van der Waals surface area (Å²) in [4.78, 5) is 15.0. The van der Waals surface area contributed by atoms with Crippen molar-refractivity contribution >= 4 is 28.3 Å². The lowest BCUT2D eigenvalue weighted by molar-refractivity contribution is 0.251. The van der Waals surface area contributed by atoms with Crippen LogP contribution < -0.4 is 4.90 Å². The number of carbonyl (C=O) groups excluding carboxylic acids is 1. The van der Waals surface area contributed by atoms with E-state index in [1.54, 1.807) is 9.47 Å². The van der Waals surface area contributed by atoms with E-state index in [0.29, 0.717) is 0 Å². The molecule has 1 amide bonds. The summed E-state index contributed by atoms with van der Waals surface area (Å²) in [7, 11) is 0. The van der Waals surface area contributed by atoms with Gasteiger partial charge in [-0.25, -0.2) is 4.79 Å². The lowest BCUT2D eigenvalue weighted by atomic mass is 10.2. The quantitative estimate of drug-likeness (QED) is 0.483. The molecule has 0 bridgehead atoms. The number of fused-ring (bicyclic) bond motifs is 1. The van der Waals surface area contributed by atoms with E-state index >= 15 is 0 Å². The molecule has 3 aromatic carbocycles. The van der Waals surface area contributed by atoms with Gasteiger partial charge in [-0.15, -0.1) is 0 Å². The first-order valence-corrected chi connectivity index (χ1v) is 7.85. The summed E-state index contributed by atoms with van der Waals surface area (Å²) in [5, 5.41) is 1.05. The van der Waals surface area contributed by atoms with Crippen molar-refractivity contribution in [3.63, 3.8) is 0 Å². The van der Waals surface area contributed by atoms with Gasteiger partial charge in [-0.05, 0) is 36.4 Å². The van der Waals surface area contributed by atoms with Crippen LogP contribution in [0, 0.1) is 0 Å². The van der Waals surface area contributed by atoms with E-state index in [2.05, 4.69) is 0 Å². The molecule has 116 valence electrons. The van der Waals surface area contributed by atoms with Crippen LogP contribution in [0.2, 0.25) is 0 Å². The highest BCUT2D eigenvalue weighted by atomic mass is 16.2. The second kappa shape index (κ2) is 6.05. The molecular weight excluding hydrogens is 296 g/mol. The predicted molar refractivity (Wildman–Crippen MR) is 97.8 cm³/mol. The summed E-state index contributed by atoms with van der Waals surface area (Å²) in [6.07, 6.45) is 1.83. The first kappa shape index (κ1) is 14.3. The van der Waals surface area contributed by atoms with Crippen LogP contribution in [-0.4, -0.2) is 10.6 Å². The van der Waals surface area contributed by atoms with Gasteiger partial charge in [-0.1, -0.05) is 54.6 Å². The smallest absolute Gasteiger partial charge is 0.269 e. The molecule has 24 heavy (non-hydrogen) atoms. The summed E-state index contributed by atoms with van der Waals surface area (Å²) in [5.74, 6) is 0. The van der Waals surface area contributed by atoms with Gasteiger partial charge in [0.25, 0.3) is 0 Å². The third kappa shape index (κ3) is 2.46. The molecule has 4 rings (SSSR count). The maximum atomic E-state index is 13.3. The molecule has 0 saturated heterocycles. The molecule has 3 nitrogen and oxygen atoms in total. The zero-order chi connectivity index (χ0) is 16.4. The molecule has 0 aliphatic carbocycles. The minimum Gasteiger partial charge on any atom is -0.269 e. The molecule has 0 atom stereocenters. The summed E-state index contributed by atoms with van der Waals surface area (Å²) < 4.78 is 1.69. The number of amides is 1. The average molecular weight is 312 g/mol. The van der Waals surface area contributed by atoms with Crippen LogP contribution in [0.1, 0.15) is 0 Å². The second-order valence-corrected chi connectivity index (χ2v) is 5.53. The molecule has 0 spiro atoms. The fraction of sp³-hybridized carbons (Fsp3) is 0. The van der Waals surface area contributed by atoms with Crippen molar-refractivity contribution in [2.45, 2.75) is 0 Å². The Hall–Kier alpha value is -3.33. The van der Waals surface area contributed by atoms with Crippen LogP contribution in [-0.2, 0) is 0 Å². The molecule has 1 heterocycles. The molecule has 1 aromatic heterocycles. The normalized spacial score (nSPS) is 10.7. The zero-order valence-corrected chi connectivity index (χ0v) is 13.0. The van der Waals surface area contributed by atoms with Gasteiger partial charge in [0.15, 0.2) is 0 Å². The SMILES string of the molecule is O=C(N(c1ccccc1)c1ccccc1)n1ccc2ccccc21. The first-order chi connectivity index (χ1) is 11.8. The number of nitrogens with zero attached hydrogens (tertiary/aromatic N) is 2. The second-order valence-electron chi connectivity index (χ2n) is 5.53. The Morgan fingerprint density at radius 1 is 0.667 bits per heavy atom. The van der Waals surface area contributed by atoms with Crippen molar-refractivity contribution in [2.24, 2.45) is 0 Å². The number of carbonyl (C=O) groups is 1. The monoisotopic (exact) mass is 312 g/mol. The zero-order valence-electron chi connectivity index (χ0n) is 13.0. The van der Waals surface area contributed by atoms with E-state index < -0.39 is 0 Å². The molecular formula is C21H16N2O. The van der Waals surface area contributed by atoms with Crippen molar-refractivity contribution in [2.75, 3.05) is 4.90 Å². The van der Waals surface area contributed by atoms with Crippen molar-refractivity contribution in [3.05, 3.63) is 97.2 Å². The molecule has 0 saturated carbocycles. The summed E-state index contributed by atoms with van der Waals surface area (Å²) in [6, 6.07) is 29.2. The molecule has 0 aliphatic heterocycles. The Bertz CT molecular complexity index is 935. The van der Waals surface area contributed by atoms with Gasteiger partial charge in [0.1, 0.15) is 0 Å². The number of hydrogen-bond donors (Lipinski definition) is 0. The number of hydrogen-bond acceptors (Lipinski definition) is 1. The third-order valence-corrected chi connectivity index (χ3v) is 4.03. The molecule has 0 unspecified atom stereocenters. The van der Waals surface area contributed by atoms with Crippen LogP contribution in [0.4, 0.5) is 16.2 Å². The summed E-state index contributed by atoms with van der Waals surface area (Å²) >= 11 is 0. The fourth-order valence-electron chi connectivity index (χ4n) is 2.88. The summed E-state index contributed by atoms with van der Waals surface area (Å²) in [5.41, 5.74) is 2.58. The topological polar surface area (TPSA) is 25.2 Å². The van der Waals surface area contributed by atoms with Gasteiger partial charge in [0, 0.05) is 11.6 Å². The lowest BCUT2D eigenvalue weighted by Crippen LogP contribution is -2.30. The van der Waals surface area contributed by atoms with Crippen molar-refractivity contribution in [1.82, 2.24) is 4.57 Å². The largest absolute Gasteiger partial charge is 0.337 e. The van der Waals surface area contributed by atoms with E-state index in [4.69, 9.17) is 0 Å². The fourth-order valence-corrected chi connectivity index (χ4v) is 2.88. The van der Waals surface area contributed by atoms with Crippen molar-refractivity contribution < 1.29 is 4.79 Å². The lowest BCUT2D eigenvalue weighted by Gasteiger charge is -2.23. The number of rotatable bonds is 2. The Morgan fingerprint density at radius 3 is 1.83 bits per heavy atom. The van der Waals surface area contributed by atoms with Crippen LogP contribution in [0.25, 0.3) is 10.9 Å². The minimum atomic E-state index is -0.103. The van der Waals surface area contributed by atoms with Crippen LogP contribution in [0.3, 0.4) is 0 Å². The van der Waals surface area contributed by atoms with Gasteiger partial charge in [-0.2, -0.15) is 0 Å². The van der Waals surface area contributed by atoms with E-state index in [9.17, 15) is 4.79 Å². The van der Waals surface area contributed by atoms with E-state index in [1.807, 2.05) is 97.2 Å². The Balaban J connectivity index is 1.86. The van der Waals surface area contributed by atoms with Crippen LogP contribution in [0.5, 0.6) is 0 Å². The highest BCUT2D eigenvalue weighted by Gasteiger charge is 2.20. The van der Waals surface area contributed by atoms with Crippen molar-refractivity contribution in [1.29, 1.82) is 0 Å². The molecule has 0 N–H and O–H groups in total. The van der Waals surface area contributed by atoms with Crippen LogP contribution in [0.15, 0.2) is 97.2 Å². The molecule has 3 heteroatoms. The maximum Gasteiger partial charge on any atom is 0.337 e. The van der Waals surface area contributed by atoms with Crippen LogP contribution >= 0.6 is 0 Å². The molecule has 0 aliphatic rings. The van der Waals surface area contributed by atoms with Gasteiger partial charge in [0.2, 0.25) is 0 Å². The van der Waals surface area contributed by atoms with Gasteiger partial charge >= 0.3 is 6.03 Å². The standard InChI is InChI=1S/C21H16N2O/c24-21(22-16-15-17-9-7-8-14-20(17)22)23(18-10-3-1-4-11-18)19-12-5-2-6-13-19/h1-16H. The summed E-state index contributed by atoms with van der Waals surface area (Å²) in [6.45, 7) is 0. The Morgan fingerprint density at radius 2 is 1.21 bits per heavy atom. The predicted octanol–water partition coefficient (Wildman–Crippen LogP) is 5.45. The van der Waals surface area contributed by atoms with Gasteiger partial charge in [0.05, 0.1) is 16.9 Å². The van der Waals surface area contributed by atoms with E-state index in [1.165, 1.54) is 0 Å². The number of para-hydroxylation sites is 3. The van der Waals surface area contributed by atoms with E-state index in [0.717, 1.165) is 22.3 Å². The van der Waals surface area contributed by atoms with Gasteiger partial charge < -0.3 is 0 Å². The number of anilines is 2. The van der Waals surface area contributed by atoms with Crippen molar-refractivity contribution in [3.8, 4) is 0 Å². The first-order valence-electron chi connectivity index (χ1n) is 7.85. The molecule has 0 fully saturated rings. The Labute approximate surface area is 140 Å². The molecule has 0 radical (unpaired) electrons. The highest BCUT2D eigenvalue weighted by molar-refractivity contribution is 6.04. The molecule has 4 aromatic rings. The maximum absolute atomic E-state index is 13.3. The number of aromatic nitrogens is 1. The van der Waals surface area contributed by atoms with E-state index in [-0.39, 0.29) is 6.03 Å². The van der Waals surface area contributed by atoms with Gasteiger partial charge in [-0.3, -0.25) is 9.47 Å². The third-order valence-electron chi connectivity index (χ3n) is 4.03.